The number of amides is 1. The smallest absolute Gasteiger partial charge is 0.234 e. The molecule has 0 aliphatic carbocycles. The Balaban J connectivity index is 1.71. The zero-order chi connectivity index (χ0) is 21.1. The fourth-order valence-electron chi connectivity index (χ4n) is 3.64. The van der Waals surface area contributed by atoms with Gasteiger partial charge in [-0.3, -0.25) is 9.78 Å². The van der Waals surface area contributed by atoms with E-state index in [-0.39, 0.29) is 11.3 Å². The van der Waals surface area contributed by atoms with Gasteiger partial charge in [-0.1, -0.05) is 40.2 Å². The molecule has 30 heavy (non-hydrogen) atoms. The number of para-hydroxylation sites is 1. The van der Waals surface area contributed by atoms with Crippen LogP contribution in [0, 0.1) is 0 Å². The van der Waals surface area contributed by atoms with Crippen molar-refractivity contribution in [2.24, 2.45) is 0 Å². The molecule has 4 rings (SSSR count). The van der Waals surface area contributed by atoms with Gasteiger partial charge in [-0.2, -0.15) is 0 Å². The van der Waals surface area contributed by atoms with Crippen molar-refractivity contribution in [3.63, 3.8) is 0 Å². The molecular formula is C23H21BrN2O3S. The van der Waals surface area contributed by atoms with Gasteiger partial charge in [-0.25, -0.2) is 0 Å². The Bertz CT molecular complexity index is 1060. The lowest BCUT2D eigenvalue weighted by Crippen LogP contribution is -2.28. The van der Waals surface area contributed by atoms with Crippen molar-refractivity contribution in [2.75, 3.05) is 20.0 Å². The van der Waals surface area contributed by atoms with E-state index >= 15 is 0 Å². The summed E-state index contributed by atoms with van der Waals surface area (Å²) in [4.78, 5) is 19.1. The van der Waals surface area contributed by atoms with Gasteiger partial charge >= 0.3 is 0 Å². The number of carbonyl (C=O) groups excluding carboxylic acids is 1. The van der Waals surface area contributed by atoms with E-state index in [1.807, 2.05) is 47.5 Å². The predicted molar refractivity (Wildman–Crippen MR) is 123 cm³/mol. The maximum Gasteiger partial charge on any atom is 0.234 e. The van der Waals surface area contributed by atoms with Crippen molar-refractivity contribution < 1.29 is 14.3 Å². The van der Waals surface area contributed by atoms with Gasteiger partial charge in [0.05, 0.1) is 26.5 Å². The highest BCUT2D eigenvalue weighted by Crippen LogP contribution is 2.44. The first-order chi connectivity index (χ1) is 14.6. The fourth-order valence-corrected chi connectivity index (χ4v) is 5.11. The highest BCUT2D eigenvalue weighted by atomic mass is 79.9. The molecule has 1 amide bonds. The van der Waals surface area contributed by atoms with Gasteiger partial charge in [-0.05, 0) is 35.4 Å². The zero-order valence-corrected chi connectivity index (χ0v) is 19.1. The summed E-state index contributed by atoms with van der Waals surface area (Å²) in [6.07, 6.45) is 3.65. The number of hydrogen-bond donors (Lipinski definition) is 0. The number of pyridine rings is 1. The van der Waals surface area contributed by atoms with E-state index in [1.54, 1.807) is 32.2 Å². The van der Waals surface area contributed by atoms with E-state index in [2.05, 4.69) is 33.0 Å². The Labute approximate surface area is 188 Å². The van der Waals surface area contributed by atoms with Crippen LogP contribution in [0.2, 0.25) is 0 Å². The summed E-state index contributed by atoms with van der Waals surface area (Å²) in [5, 5.41) is -0.124. The number of carbonyl (C=O) groups is 1. The number of hydrogen-bond acceptors (Lipinski definition) is 5. The molecule has 3 aromatic rings. The van der Waals surface area contributed by atoms with Gasteiger partial charge < -0.3 is 14.4 Å². The first-order valence-electron chi connectivity index (χ1n) is 9.43. The topological polar surface area (TPSA) is 51.7 Å². The number of rotatable bonds is 6. The average Bonchev–Trinajstić information content (AvgIpc) is 3.14. The normalized spacial score (nSPS) is 16.0. The molecular weight excluding hydrogens is 464 g/mol. The number of aromatic nitrogens is 1. The van der Waals surface area contributed by atoms with Crippen LogP contribution in [-0.2, 0) is 11.3 Å². The fraction of sp³-hybridized carbons (Fsp3) is 0.217. The van der Waals surface area contributed by atoms with Crippen molar-refractivity contribution in [3.8, 4) is 22.6 Å². The summed E-state index contributed by atoms with van der Waals surface area (Å²) < 4.78 is 12.0. The van der Waals surface area contributed by atoms with E-state index in [1.165, 1.54) is 0 Å². The maximum absolute atomic E-state index is 12.8. The number of benzene rings is 2. The third kappa shape index (κ3) is 4.04. The van der Waals surface area contributed by atoms with Crippen molar-refractivity contribution >= 4 is 33.6 Å². The van der Waals surface area contributed by atoms with Gasteiger partial charge in [0.1, 0.15) is 5.37 Å². The molecule has 1 saturated heterocycles. The lowest BCUT2D eigenvalue weighted by molar-refractivity contribution is -0.128. The highest BCUT2D eigenvalue weighted by molar-refractivity contribution is 9.10. The number of halogens is 1. The van der Waals surface area contributed by atoms with Gasteiger partial charge in [0.2, 0.25) is 5.91 Å². The monoisotopic (exact) mass is 484 g/mol. The van der Waals surface area contributed by atoms with E-state index in [0.29, 0.717) is 23.8 Å². The SMILES string of the molecule is COc1cccc(CN2C(=O)CSC2c2cnccc2-c2ccc(Br)cc2)c1OC. The van der Waals surface area contributed by atoms with Crippen LogP contribution in [0.3, 0.4) is 0 Å². The minimum Gasteiger partial charge on any atom is -0.493 e. The first-order valence-corrected chi connectivity index (χ1v) is 11.3. The van der Waals surface area contributed by atoms with Crippen LogP contribution in [0.5, 0.6) is 11.5 Å². The minimum atomic E-state index is -0.124. The summed E-state index contributed by atoms with van der Waals surface area (Å²) in [6, 6.07) is 15.9. The Morgan fingerprint density at radius 2 is 1.93 bits per heavy atom. The molecule has 0 bridgehead atoms. The molecule has 0 N–H and O–H groups in total. The molecule has 1 unspecified atom stereocenters. The number of thioether (sulfide) groups is 1. The molecule has 0 radical (unpaired) electrons. The van der Waals surface area contributed by atoms with Crippen molar-refractivity contribution in [3.05, 3.63) is 76.5 Å². The Morgan fingerprint density at radius 3 is 2.67 bits per heavy atom. The van der Waals surface area contributed by atoms with Crippen LogP contribution in [0.4, 0.5) is 0 Å². The van der Waals surface area contributed by atoms with Crippen LogP contribution in [-0.4, -0.2) is 35.8 Å². The molecule has 7 heteroatoms. The minimum absolute atomic E-state index is 0.0977. The summed E-state index contributed by atoms with van der Waals surface area (Å²) in [5.74, 6) is 1.84. The molecule has 1 aromatic heterocycles. The molecule has 5 nitrogen and oxygen atoms in total. The molecule has 0 saturated carbocycles. The largest absolute Gasteiger partial charge is 0.493 e. The molecule has 0 spiro atoms. The molecule has 2 aromatic carbocycles. The maximum atomic E-state index is 12.8. The third-order valence-corrected chi connectivity index (χ3v) is 6.83. The lowest BCUT2D eigenvalue weighted by Gasteiger charge is -2.27. The number of methoxy groups -OCH3 is 2. The van der Waals surface area contributed by atoms with Crippen LogP contribution >= 0.6 is 27.7 Å². The molecule has 1 aliphatic heterocycles. The van der Waals surface area contributed by atoms with E-state index < -0.39 is 0 Å². The average molecular weight is 485 g/mol. The van der Waals surface area contributed by atoms with Gasteiger partial charge in [0.15, 0.2) is 11.5 Å². The van der Waals surface area contributed by atoms with E-state index in [0.717, 1.165) is 26.7 Å². The summed E-state index contributed by atoms with van der Waals surface area (Å²) >= 11 is 5.11. The third-order valence-electron chi connectivity index (χ3n) is 5.07. The number of nitrogens with zero attached hydrogens (tertiary/aromatic N) is 2. The van der Waals surface area contributed by atoms with Crippen molar-refractivity contribution in [1.82, 2.24) is 9.88 Å². The summed E-state index contributed by atoms with van der Waals surface area (Å²) in [5.41, 5.74) is 4.10. The lowest BCUT2D eigenvalue weighted by atomic mass is 10.0. The van der Waals surface area contributed by atoms with Crippen molar-refractivity contribution in [2.45, 2.75) is 11.9 Å². The van der Waals surface area contributed by atoms with Crippen LogP contribution in [0.1, 0.15) is 16.5 Å². The van der Waals surface area contributed by atoms with Gasteiger partial charge in [0, 0.05) is 28.0 Å². The molecule has 1 fully saturated rings. The second-order valence-corrected chi connectivity index (χ2v) is 8.79. The van der Waals surface area contributed by atoms with E-state index in [9.17, 15) is 4.79 Å². The van der Waals surface area contributed by atoms with Crippen LogP contribution in [0.25, 0.3) is 11.1 Å². The highest BCUT2D eigenvalue weighted by Gasteiger charge is 2.35. The molecule has 1 atom stereocenters. The number of ether oxygens (including phenoxy) is 2. The summed E-state index contributed by atoms with van der Waals surface area (Å²) in [6.45, 7) is 0.436. The second kappa shape index (κ2) is 9.10. The summed E-state index contributed by atoms with van der Waals surface area (Å²) in [7, 11) is 3.23. The van der Waals surface area contributed by atoms with Crippen LogP contribution in [0.15, 0.2) is 65.4 Å². The molecule has 2 heterocycles. The van der Waals surface area contributed by atoms with E-state index in [4.69, 9.17) is 9.47 Å². The molecule has 1 aliphatic rings. The van der Waals surface area contributed by atoms with Gasteiger partial charge in [-0.15, -0.1) is 11.8 Å². The van der Waals surface area contributed by atoms with Gasteiger partial charge in [0.25, 0.3) is 0 Å². The Hall–Kier alpha value is -2.51. The molecule has 154 valence electrons. The zero-order valence-electron chi connectivity index (χ0n) is 16.7. The Kier molecular flexibility index (Phi) is 6.29. The quantitative estimate of drug-likeness (QED) is 0.474. The Morgan fingerprint density at radius 1 is 1.13 bits per heavy atom. The van der Waals surface area contributed by atoms with Crippen molar-refractivity contribution in [1.29, 1.82) is 0 Å². The predicted octanol–water partition coefficient (Wildman–Crippen LogP) is 5.30. The second-order valence-electron chi connectivity index (χ2n) is 6.81. The first kappa shape index (κ1) is 20.8. The van der Waals surface area contributed by atoms with Crippen LogP contribution < -0.4 is 9.47 Å². The standard InChI is InChI=1S/C23H21BrN2O3S/c1-28-20-5-3-4-16(22(20)29-2)13-26-21(27)14-30-23(26)19-12-25-11-10-18(19)15-6-8-17(24)9-7-15/h3-12,23H,13-14H2,1-2H3.